The number of para-hydroxylation sites is 1. The van der Waals surface area contributed by atoms with Crippen LogP contribution in [0.4, 0.5) is 5.69 Å². The minimum atomic E-state index is -0.735. The molecule has 104 valence electrons. The van der Waals surface area contributed by atoms with E-state index in [4.69, 9.17) is 0 Å². The number of hydrogen-bond donors (Lipinski definition) is 2. The summed E-state index contributed by atoms with van der Waals surface area (Å²) in [7, 11) is 0. The van der Waals surface area contributed by atoms with Crippen LogP contribution in [0, 0.1) is 10.1 Å². The predicted octanol–water partition coefficient (Wildman–Crippen LogP) is 1.73. The summed E-state index contributed by atoms with van der Waals surface area (Å²) in [4.78, 5) is 25.9. The Labute approximate surface area is 118 Å². The van der Waals surface area contributed by atoms with Crippen LogP contribution in [0.1, 0.15) is 16.1 Å². The number of carbonyl (C=O) groups is 1. The van der Waals surface area contributed by atoms with Gasteiger partial charge in [0.25, 0.3) is 5.91 Å². The minimum Gasteiger partial charge on any atom is -0.502 e. The molecule has 2 rings (SSSR count). The molecule has 1 aromatic heterocycles. The maximum Gasteiger partial charge on any atom is 0.311 e. The molecule has 7 nitrogen and oxygen atoms in total. The van der Waals surface area contributed by atoms with Crippen molar-refractivity contribution in [1.29, 1.82) is 0 Å². The Morgan fingerprint density at radius 1 is 1.50 bits per heavy atom. The Hall–Kier alpha value is -2.48. The van der Waals surface area contributed by atoms with Gasteiger partial charge in [-0.1, -0.05) is 6.07 Å². The van der Waals surface area contributed by atoms with Crippen molar-refractivity contribution >= 4 is 22.9 Å². The summed E-state index contributed by atoms with van der Waals surface area (Å²) in [5, 5.41) is 24.8. The van der Waals surface area contributed by atoms with Crippen molar-refractivity contribution in [3.05, 3.63) is 50.5 Å². The lowest BCUT2D eigenvalue weighted by Gasteiger charge is -2.06. The second kappa shape index (κ2) is 6.11. The van der Waals surface area contributed by atoms with Gasteiger partial charge in [-0.2, -0.15) is 0 Å². The van der Waals surface area contributed by atoms with Crippen LogP contribution >= 0.6 is 11.3 Å². The summed E-state index contributed by atoms with van der Waals surface area (Å²) in [5.41, 5.74) is 1.96. The second-order valence-electron chi connectivity index (χ2n) is 3.92. The van der Waals surface area contributed by atoms with Crippen molar-refractivity contribution in [3.63, 3.8) is 0 Å². The zero-order valence-corrected chi connectivity index (χ0v) is 11.1. The van der Waals surface area contributed by atoms with E-state index in [0.717, 1.165) is 11.8 Å². The molecule has 0 aliphatic carbocycles. The maximum atomic E-state index is 11.9. The van der Waals surface area contributed by atoms with Crippen LogP contribution in [-0.2, 0) is 6.42 Å². The fraction of sp³-hybridized carbons (Fsp3) is 0.167. The number of nitro benzene ring substituents is 1. The largest absolute Gasteiger partial charge is 0.502 e. The van der Waals surface area contributed by atoms with Crippen LogP contribution in [0.15, 0.2) is 29.1 Å². The van der Waals surface area contributed by atoms with E-state index in [1.165, 1.54) is 23.5 Å². The van der Waals surface area contributed by atoms with Crippen LogP contribution in [0.2, 0.25) is 0 Å². The summed E-state index contributed by atoms with van der Waals surface area (Å²) in [5.74, 6) is -1.18. The fourth-order valence-electron chi connectivity index (χ4n) is 1.62. The molecule has 0 spiro atoms. The van der Waals surface area contributed by atoms with Gasteiger partial charge in [0.05, 0.1) is 21.7 Å². The Morgan fingerprint density at radius 2 is 2.30 bits per heavy atom. The lowest BCUT2D eigenvalue weighted by Crippen LogP contribution is -2.25. The molecule has 1 heterocycles. The quantitative estimate of drug-likeness (QED) is 0.645. The third-order valence-electron chi connectivity index (χ3n) is 2.61. The normalized spacial score (nSPS) is 10.2. The van der Waals surface area contributed by atoms with Crippen LogP contribution in [0.3, 0.4) is 0 Å². The van der Waals surface area contributed by atoms with Gasteiger partial charge in [-0.3, -0.25) is 14.9 Å². The molecule has 0 saturated heterocycles. The van der Waals surface area contributed by atoms with E-state index < -0.39 is 22.3 Å². The van der Waals surface area contributed by atoms with E-state index >= 15 is 0 Å². The van der Waals surface area contributed by atoms with E-state index in [9.17, 15) is 20.0 Å². The van der Waals surface area contributed by atoms with Crippen molar-refractivity contribution in [2.75, 3.05) is 6.54 Å². The van der Waals surface area contributed by atoms with Crippen LogP contribution in [-0.4, -0.2) is 27.5 Å². The van der Waals surface area contributed by atoms with Gasteiger partial charge in [0.1, 0.15) is 0 Å². The number of nitro groups is 1. The summed E-state index contributed by atoms with van der Waals surface area (Å²) >= 11 is 1.46. The number of phenolic OH excluding ortho intramolecular Hbond substituents is 1. The smallest absolute Gasteiger partial charge is 0.311 e. The molecule has 0 aliphatic rings. The van der Waals surface area contributed by atoms with Gasteiger partial charge in [0.15, 0.2) is 0 Å². The molecular weight excluding hydrogens is 282 g/mol. The molecule has 1 aromatic carbocycles. The standard InChI is InChI=1S/C12H11N3O4S/c16-11-9(2-1-3-10(11)15(18)19)12(17)13-5-4-8-6-20-7-14-8/h1-3,6-7,16H,4-5H2,(H,13,17). The summed E-state index contributed by atoms with van der Waals surface area (Å²) in [6.45, 7) is 0.338. The molecule has 8 heteroatoms. The molecule has 2 aromatic rings. The Morgan fingerprint density at radius 3 is 2.95 bits per heavy atom. The van der Waals surface area contributed by atoms with Crippen molar-refractivity contribution in [2.24, 2.45) is 0 Å². The van der Waals surface area contributed by atoms with Gasteiger partial charge in [0.2, 0.25) is 5.75 Å². The topological polar surface area (TPSA) is 105 Å². The number of thiazole rings is 1. The Balaban J connectivity index is 2.02. The molecule has 20 heavy (non-hydrogen) atoms. The molecule has 0 fully saturated rings. The minimum absolute atomic E-state index is 0.113. The zero-order chi connectivity index (χ0) is 14.5. The highest BCUT2D eigenvalue weighted by Crippen LogP contribution is 2.28. The first-order chi connectivity index (χ1) is 9.59. The van der Waals surface area contributed by atoms with Gasteiger partial charge in [-0.15, -0.1) is 11.3 Å². The van der Waals surface area contributed by atoms with Crippen molar-refractivity contribution in [2.45, 2.75) is 6.42 Å². The van der Waals surface area contributed by atoms with E-state index in [2.05, 4.69) is 10.3 Å². The van der Waals surface area contributed by atoms with Gasteiger partial charge in [0, 0.05) is 24.4 Å². The summed E-state index contributed by atoms with van der Waals surface area (Å²) in [6.07, 6.45) is 0.560. The highest BCUT2D eigenvalue weighted by Gasteiger charge is 2.20. The van der Waals surface area contributed by atoms with Crippen molar-refractivity contribution in [3.8, 4) is 5.75 Å². The molecule has 0 radical (unpaired) electrons. The number of carbonyl (C=O) groups excluding carboxylic acids is 1. The predicted molar refractivity (Wildman–Crippen MR) is 72.9 cm³/mol. The number of rotatable bonds is 5. The Bertz CT molecular complexity index is 628. The molecule has 2 N–H and O–H groups in total. The van der Waals surface area contributed by atoms with E-state index in [-0.39, 0.29) is 5.56 Å². The molecule has 0 saturated carbocycles. The number of nitrogens with one attached hydrogen (secondary N) is 1. The van der Waals surface area contributed by atoms with E-state index in [0.29, 0.717) is 13.0 Å². The van der Waals surface area contributed by atoms with Crippen molar-refractivity contribution in [1.82, 2.24) is 10.3 Å². The first-order valence-electron chi connectivity index (χ1n) is 5.71. The summed E-state index contributed by atoms with van der Waals surface area (Å²) < 4.78 is 0. The number of amides is 1. The number of aromatic hydroxyl groups is 1. The van der Waals surface area contributed by atoms with Crippen LogP contribution < -0.4 is 5.32 Å². The number of hydrogen-bond acceptors (Lipinski definition) is 6. The number of aromatic nitrogens is 1. The second-order valence-corrected chi connectivity index (χ2v) is 4.63. The lowest BCUT2D eigenvalue weighted by molar-refractivity contribution is -0.385. The monoisotopic (exact) mass is 293 g/mol. The van der Waals surface area contributed by atoms with Gasteiger partial charge in [-0.25, -0.2) is 4.98 Å². The molecule has 0 atom stereocenters. The average Bonchev–Trinajstić information content (AvgIpc) is 2.91. The number of nitrogens with zero attached hydrogens (tertiary/aromatic N) is 2. The molecule has 0 bridgehead atoms. The van der Waals surface area contributed by atoms with Gasteiger partial charge in [-0.05, 0) is 6.07 Å². The van der Waals surface area contributed by atoms with Crippen LogP contribution in [0.5, 0.6) is 5.75 Å². The first-order valence-corrected chi connectivity index (χ1v) is 6.65. The van der Waals surface area contributed by atoms with Crippen LogP contribution in [0.25, 0.3) is 0 Å². The third kappa shape index (κ3) is 3.09. The van der Waals surface area contributed by atoms with E-state index in [1.807, 2.05) is 5.38 Å². The molecule has 1 amide bonds. The van der Waals surface area contributed by atoms with E-state index in [1.54, 1.807) is 5.51 Å². The molecule has 0 unspecified atom stereocenters. The highest BCUT2D eigenvalue weighted by molar-refractivity contribution is 7.07. The molecule has 0 aliphatic heterocycles. The first kappa shape index (κ1) is 13.9. The average molecular weight is 293 g/mol. The maximum absolute atomic E-state index is 11.9. The fourth-order valence-corrected chi connectivity index (χ4v) is 2.22. The zero-order valence-electron chi connectivity index (χ0n) is 10.3. The number of phenols is 1. The van der Waals surface area contributed by atoms with Gasteiger partial charge >= 0.3 is 5.69 Å². The highest BCUT2D eigenvalue weighted by atomic mass is 32.1. The number of benzene rings is 1. The lowest BCUT2D eigenvalue weighted by atomic mass is 10.1. The summed E-state index contributed by atoms with van der Waals surface area (Å²) in [6, 6.07) is 3.83. The SMILES string of the molecule is O=C(NCCc1cscn1)c1cccc([N+](=O)[O-])c1O. The van der Waals surface area contributed by atoms with Crippen molar-refractivity contribution < 1.29 is 14.8 Å². The Kier molecular flexibility index (Phi) is 4.26. The molecular formula is C12H11N3O4S. The third-order valence-corrected chi connectivity index (χ3v) is 3.24. The van der Waals surface area contributed by atoms with Gasteiger partial charge < -0.3 is 10.4 Å².